The smallest absolute Gasteiger partial charge is 0.253 e. The van der Waals surface area contributed by atoms with Gasteiger partial charge in [-0.3, -0.25) is 4.79 Å². The summed E-state index contributed by atoms with van der Waals surface area (Å²) in [6.45, 7) is 4.25. The van der Waals surface area contributed by atoms with E-state index >= 15 is 0 Å². The molecule has 0 saturated heterocycles. The summed E-state index contributed by atoms with van der Waals surface area (Å²) >= 11 is 6.15. The van der Waals surface area contributed by atoms with Gasteiger partial charge in [0.25, 0.3) is 5.91 Å². The number of amides is 1. The van der Waals surface area contributed by atoms with Crippen molar-refractivity contribution in [1.29, 1.82) is 0 Å². The van der Waals surface area contributed by atoms with Crippen molar-refractivity contribution in [3.63, 3.8) is 0 Å². The summed E-state index contributed by atoms with van der Waals surface area (Å²) in [5, 5.41) is 3.37. The van der Waals surface area contributed by atoms with Crippen molar-refractivity contribution in [3.05, 3.63) is 63.7 Å². The summed E-state index contributed by atoms with van der Waals surface area (Å²) in [6, 6.07) is 11.1. The maximum absolute atomic E-state index is 12.2. The molecule has 2 aromatic rings. The number of carbonyl (C=O) groups is 1. The Balaban J connectivity index is 2.13. The lowest BCUT2D eigenvalue weighted by Crippen LogP contribution is -2.23. The highest BCUT2D eigenvalue weighted by Crippen LogP contribution is 2.20. The first-order valence-corrected chi connectivity index (χ1v) is 6.75. The molecule has 2 rings (SSSR count). The van der Waals surface area contributed by atoms with Gasteiger partial charge in [-0.05, 0) is 42.7 Å². The minimum atomic E-state index is -0.180. The fourth-order valence-corrected chi connectivity index (χ4v) is 2.20. The van der Waals surface area contributed by atoms with Gasteiger partial charge in [-0.25, -0.2) is 0 Å². The summed E-state index contributed by atoms with van der Waals surface area (Å²) in [4.78, 5) is 12.2. The fourth-order valence-electron chi connectivity index (χ4n) is 1.99. The molecule has 4 heteroatoms. The number of halogens is 1. The standard InChI is InChI=1S/C16H17ClN2O/c1-10-5-3-7-13(15(10)17)16(20)19-9-12-6-4-8-14(18)11(12)2/h3-8H,9,18H2,1-2H3,(H,19,20). The van der Waals surface area contributed by atoms with Crippen molar-refractivity contribution >= 4 is 23.2 Å². The van der Waals surface area contributed by atoms with Crippen molar-refractivity contribution < 1.29 is 4.79 Å². The molecule has 0 heterocycles. The summed E-state index contributed by atoms with van der Waals surface area (Å²) in [5.41, 5.74) is 9.95. The van der Waals surface area contributed by atoms with Crippen LogP contribution in [0, 0.1) is 13.8 Å². The van der Waals surface area contributed by atoms with Crippen LogP contribution in [0.25, 0.3) is 0 Å². The Morgan fingerprint density at radius 3 is 2.65 bits per heavy atom. The van der Waals surface area contributed by atoms with E-state index in [1.807, 2.05) is 44.2 Å². The number of rotatable bonds is 3. The second-order valence-corrected chi connectivity index (χ2v) is 5.13. The van der Waals surface area contributed by atoms with Crippen LogP contribution in [0.2, 0.25) is 5.02 Å². The number of nitrogens with one attached hydrogen (secondary N) is 1. The van der Waals surface area contributed by atoms with E-state index in [4.69, 9.17) is 17.3 Å². The number of aryl methyl sites for hydroxylation is 1. The van der Waals surface area contributed by atoms with Gasteiger partial charge in [-0.15, -0.1) is 0 Å². The second kappa shape index (κ2) is 5.97. The molecule has 0 aromatic heterocycles. The van der Waals surface area contributed by atoms with E-state index in [0.717, 1.165) is 22.4 Å². The van der Waals surface area contributed by atoms with E-state index in [0.29, 0.717) is 17.1 Å². The van der Waals surface area contributed by atoms with Crippen LogP contribution >= 0.6 is 11.6 Å². The molecule has 0 radical (unpaired) electrons. The molecule has 0 bridgehead atoms. The number of anilines is 1. The Bertz CT molecular complexity index is 653. The highest BCUT2D eigenvalue weighted by Gasteiger charge is 2.11. The van der Waals surface area contributed by atoms with Gasteiger partial charge >= 0.3 is 0 Å². The molecule has 2 aromatic carbocycles. The molecule has 104 valence electrons. The summed E-state index contributed by atoms with van der Waals surface area (Å²) in [6.07, 6.45) is 0. The molecule has 3 N–H and O–H groups in total. The molecule has 0 aliphatic rings. The monoisotopic (exact) mass is 288 g/mol. The normalized spacial score (nSPS) is 10.3. The van der Waals surface area contributed by atoms with Gasteiger partial charge < -0.3 is 11.1 Å². The van der Waals surface area contributed by atoms with E-state index in [9.17, 15) is 4.79 Å². The molecule has 1 amide bonds. The van der Waals surface area contributed by atoms with Crippen LogP contribution in [0.5, 0.6) is 0 Å². The third-order valence-corrected chi connectivity index (χ3v) is 3.87. The zero-order valence-corrected chi connectivity index (χ0v) is 12.3. The zero-order valence-electron chi connectivity index (χ0n) is 11.5. The van der Waals surface area contributed by atoms with Crippen LogP contribution < -0.4 is 11.1 Å². The number of nitrogens with two attached hydrogens (primary N) is 1. The average molecular weight is 289 g/mol. The van der Waals surface area contributed by atoms with Gasteiger partial charge in [0.05, 0.1) is 10.6 Å². The number of nitrogen functional groups attached to an aromatic ring is 1. The van der Waals surface area contributed by atoms with Gasteiger partial charge in [0.2, 0.25) is 0 Å². The Morgan fingerprint density at radius 1 is 1.20 bits per heavy atom. The van der Waals surface area contributed by atoms with Gasteiger partial charge in [-0.1, -0.05) is 35.9 Å². The Hall–Kier alpha value is -2.00. The molecule has 0 fully saturated rings. The molecule has 0 saturated carbocycles. The molecule has 0 aliphatic carbocycles. The minimum Gasteiger partial charge on any atom is -0.399 e. The molecule has 0 unspecified atom stereocenters. The Morgan fingerprint density at radius 2 is 1.90 bits per heavy atom. The van der Waals surface area contributed by atoms with E-state index < -0.39 is 0 Å². The van der Waals surface area contributed by atoms with Crippen LogP contribution in [0.1, 0.15) is 27.0 Å². The third-order valence-electron chi connectivity index (χ3n) is 3.36. The zero-order chi connectivity index (χ0) is 14.7. The molecule has 0 aliphatic heterocycles. The SMILES string of the molecule is Cc1cccc(C(=O)NCc2cccc(N)c2C)c1Cl. The molecule has 0 spiro atoms. The van der Waals surface area contributed by atoms with Crippen LogP contribution in [0.3, 0.4) is 0 Å². The maximum Gasteiger partial charge on any atom is 0.253 e. The molecular formula is C16H17ClN2O. The van der Waals surface area contributed by atoms with Gasteiger partial charge in [-0.2, -0.15) is 0 Å². The summed E-state index contributed by atoms with van der Waals surface area (Å²) < 4.78 is 0. The summed E-state index contributed by atoms with van der Waals surface area (Å²) in [5.74, 6) is -0.180. The van der Waals surface area contributed by atoms with Crippen LogP contribution in [-0.4, -0.2) is 5.91 Å². The van der Waals surface area contributed by atoms with E-state index in [2.05, 4.69) is 5.32 Å². The predicted octanol–water partition coefficient (Wildman–Crippen LogP) is 3.47. The predicted molar refractivity (Wildman–Crippen MR) is 83.0 cm³/mol. The minimum absolute atomic E-state index is 0.180. The first kappa shape index (κ1) is 14.4. The van der Waals surface area contributed by atoms with Crippen molar-refractivity contribution in [2.24, 2.45) is 0 Å². The quantitative estimate of drug-likeness (QED) is 0.850. The van der Waals surface area contributed by atoms with Crippen molar-refractivity contribution in [2.45, 2.75) is 20.4 Å². The lowest BCUT2D eigenvalue weighted by molar-refractivity contribution is 0.0951. The van der Waals surface area contributed by atoms with Crippen molar-refractivity contribution in [2.75, 3.05) is 5.73 Å². The molecule has 3 nitrogen and oxygen atoms in total. The lowest BCUT2D eigenvalue weighted by Gasteiger charge is -2.11. The fraction of sp³-hybridized carbons (Fsp3) is 0.188. The van der Waals surface area contributed by atoms with E-state index in [-0.39, 0.29) is 5.91 Å². The van der Waals surface area contributed by atoms with Crippen molar-refractivity contribution in [1.82, 2.24) is 5.32 Å². The third kappa shape index (κ3) is 2.94. The number of hydrogen-bond acceptors (Lipinski definition) is 2. The largest absolute Gasteiger partial charge is 0.399 e. The van der Waals surface area contributed by atoms with Crippen LogP contribution in [0.4, 0.5) is 5.69 Å². The Kier molecular flexibility index (Phi) is 4.30. The molecular weight excluding hydrogens is 272 g/mol. The summed E-state index contributed by atoms with van der Waals surface area (Å²) in [7, 11) is 0. The number of benzene rings is 2. The highest BCUT2D eigenvalue weighted by atomic mass is 35.5. The first-order chi connectivity index (χ1) is 9.50. The Labute approximate surface area is 123 Å². The number of carbonyl (C=O) groups excluding carboxylic acids is 1. The highest BCUT2D eigenvalue weighted by molar-refractivity contribution is 6.34. The average Bonchev–Trinajstić information content (AvgIpc) is 2.43. The van der Waals surface area contributed by atoms with Crippen LogP contribution in [-0.2, 0) is 6.54 Å². The van der Waals surface area contributed by atoms with E-state index in [1.165, 1.54) is 0 Å². The van der Waals surface area contributed by atoms with E-state index in [1.54, 1.807) is 6.07 Å². The van der Waals surface area contributed by atoms with Crippen molar-refractivity contribution in [3.8, 4) is 0 Å². The van der Waals surface area contributed by atoms with Gasteiger partial charge in [0, 0.05) is 12.2 Å². The van der Waals surface area contributed by atoms with Gasteiger partial charge in [0.15, 0.2) is 0 Å². The topological polar surface area (TPSA) is 55.1 Å². The maximum atomic E-state index is 12.2. The number of hydrogen-bond donors (Lipinski definition) is 2. The molecule has 20 heavy (non-hydrogen) atoms. The van der Waals surface area contributed by atoms with Crippen LogP contribution in [0.15, 0.2) is 36.4 Å². The second-order valence-electron chi connectivity index (χ2n) is 4.75. The molecule has 0 atom stereocenters. The lowest BCUT2D eigenvalue weighted by atomic mass is 10.1. The van der Waals surface area contributed by atoms with Gasteiger partial charge in [0.1, 0.15) is 0 Å². The first-order valence-electron chi connectivity index (χ1n) is 6.38.